The first-order valence-corrected chi connectivity index (χ1v) is 11.3. The highest BCUT2D eigenvalue weighted by Crippen LogP contribution is 2.32. The van der Waals surface area contributed by atoms with Gasteiger partial charge in [0.2, 0.25) is 11.8 Å². The van der Waals surface area contributed by atoms with E-state index in [-0.39, 0.29) is 24.4 Å². The minimum absolute atomic E-state index is 0.215. The van der Waals surface area contributed by atoms with E-state index in [1.54, 1.807) is 0 Å². The van der Waals surface area contributed by atoms with Crippen LogP contribution in [-0.2, 0) is 25.3 Å². The normalized spacial score (nSPS) is 17.7. The van der Waals surface area contributed by atoms with Crippen LogP contribution in [0.3, 0.4) is 0 Å². The molecule has 3 aromatic rings. The van der Waals surface area contributed by atoms with Gasteiger partial charge >= 0.3 is 6.03 Å². The SMILES string of the molecule is CCC1(c2ccccc2)C(=O)NCNC1=O.O=C1NC(=O)C(c2ccccc2)(c2ccccc2)N1. The molecule has 0 radical (unpaired) electrons. The average molecular weight is 471 g/mol. The summed E-state index contributed by atoms with van der Waals surface area (Å²) in [4.78, 5) is 47.9. The lowest BCUT2D eigenvalue weighted by Crippen LogP contribution is -2.62. The Hall–Kier alpha value is -4.46. The highest BCUT2D eigenvalue weighted by molar-refractivity contribution is 6.12. The third-order valence-electron chi connectivity index (χ3n) is 6.35. The molecule has 2 saturated heterocycles. The number of hydrogen-bond acceptors (Lipinski definition) is 4. The number of urea groups is 1. The van der Waals surface area contributed by atoms with E-state index in [1.807, 2.05) is 97.9 Å². The lowest BCUT2D eigenvalue weighted by molar-refractivity contribution is -0.141. The summed E-state index contributed by atoms with van der Waals surface area (Å²) in [5.74, 6) is -0.787. The number of carbonyl (C=O) groups excluding carboxylic acids is 4. The van der Waals surface area contributed by atoms with Crippen molar-refractivity contribution in [1.82, 2.24) is 21.3 Å². The van der Waals surface area contributed by atoms with E-state index in [0.29, 0.717) is 6.42 Å². The molecule has 2 heterocycles. The molecule has 0 unspecified atom stereocenters. The molecule has 2 aliphatic heterocycles. The van der Waals surface area contributed by atoms with Crippen LogP contribution in [0.4, 0.5) is 4.79 Å². The Labute approximate surface area is 203 Å². The molecule has 0 spiro atoms. The number of benzene rings is 3. The molecule has 0 aliphatic carbocycles. The number of hydrogen-bond donors (Lipinski definition) is 4. The van der Waals surface area contributed by atoms with E-state index in [9.17, 15) is 19.2 Å². The molecular weight excluding hydrogens is 444 g/mol. The van der Waals surface area contributed by atoms with E-state index in [1.165, 1.54) is 0 Å². The lowest BCUT2D eigenvalue weighted by Gasteiger charge is -2.34. The Balaban J connectivity index is 0.000000168. The van der Waals surface area contributed by atoms with Crippen LogP contribution in [0.1, 0.15) is 30.0 Å². The van der Waals surface area contributed by atoms with Gasteiger partial charge in [-0.05, 0) is 23.1 Å². The van der Waals surface area contributed by atoms with E-state index in [4.69, 9.17) is 0 Å². The van der Waals surface area contributed by atoms with Crippen molar-refractivity contribution in [3.63, 3.8) is 0 Å². The average Bonchev–Trinajstić information content (AvgIpc) is 3.21. The third-order valence-corrected chi connectivity index (χ3v) is 6.35. The van der Waals surface area contributed by atoms with E-state index in [0.717, 1.165) is 16.7 Å². The second kappa shape index (κ2) is 9.80. The highest BCUT2D eigenvalue weighted by Gasteiger charge is 2.49. The minimum atomic E-state index is -1.14. The number of amides is 5. The second-order valence-electron chi connectivity index (χ2n) is 8.20. The van der Waals surface area contributed by atoms with Crippen LogP contribution in [0.2, 0.25) is 0 Å². The third kappa shape index (κ3) is 4.14. The Morgan fingerprint density at radius 2 is 1.06 bits per heavy atom. The van der Waals surface area contributed by atoms with Gasteiger partial charge in [0.05, 0.1) is 6.67 Å². The fraction of sp³-hybridized carbons (Fsp3) is 0.185. The van der Waals surface area contributed by atoms with Crippen molar-refractivity contribution >= 4 is 23.8 Å². The molecule has 5 amide bonds. The van der Waals surface area contributed by atoms with Gasteiger partial charge in [-0.3, -0.25) is 19.7 Å². The van der Waals surface area contributed by atoms with Crippen molar-refractivity contribution in [2.75, 3.05) is 6.67 Å². The van der Waals surface area contributed by atoms with Gasteiger partial charge in [0.25, 0.3) is 5.91 Å². The van der Waals surface area contributed by atoms with E-state index >= 15 is 0 Å². The van der Waals surface area contributed by atoms with Gasteiger partial charge in [-0.2, -0.15) is 0 Å². The maximum absolute atomic E-state index is 12.3. The first-order valence-electron chi connectivity index (χ1n) is 11.3. The summed E-state index contributed by atoms with van der Waals surface area (Å²) in [6.45, 7) is 2.06. The number of nitrogens with one attached hydrogen (secondary N) is 4. The summed E-state index contributed by atoms with van der Waals surface area (Å²) >= 11 is 0. The Morgan fingerprint density at radius 3 is 1.43 bits per heavy atom. The number of carbonyl (C=O) groups is 4. The Kier molecular flexibility index (Phi) is 6.64. The monoisotopic (exact) mass is 470 g/mol. The van der Waals surface area contributed by atoms with Gasteiger partial charge in [-0.15, -0.1) is 0 Å². The van der Waals surface area contributed by atoms with Gasteiger partial charge in [-0.25, -0.2) is 4.79 Å². The fourth-order valence-corrected chi connectivity index (χ4v) is 4.52. The zero-order valence-corrected chi connectivity index (χ0v) is 19.2. The first kappa shape index (κ1) is 23.7. The molecule has 0 aromatic heterocycles. The van der Waals surface area contributed by atoms with Gasteiger partial charge in [0.1, 0.15) is 0 Å². The molecule has 0 bridgehead atoms. The smallest absolute Gasteiger partial charge is 0.322 e. The van der Waals surface area contributed by atoms with Gasteiger partial charge in [0, 0.05) is 0 Å². The number of rotatable bonds is 4. The summed E-state index contributed by atoms with van der Waals surface area (Å²) < 4.78 is 0. The maximum Gasteiger partial charge on any atom is 0.322 e. The fourth-order valence-electron chi connectivity index (χ4n) is 4.52. The zero-order chi connectivity index (χ0) is 24.9. The zero-order valence-electron chi connectivity index (χ0n) is 19.2. The molecule has 8 nitrogen and oxygen atoms in total. The predicted octanol–water partition coefficient (Wildman–Crippen LogP) is 2.31. The van der Waals surface area contributed by atoms with Crippen molar-refractivity contribution in [2.45, 2.75) is 24.3 Å². The molecule has 5 rings (SSSR count). The predicted molar refractivity (Wildman–Crippen MR) is 130 cm³/mol. The minimum Gasteiger partial charge on any atom is -0.337 e. The molecule has 2 aliphatic rings. The largest absolute Gasteiger partial charge is 0.337 e. The van der Waals surface area contributed by atoms with Crippen molar-refractivity contribution in [3.05, 3.63) is 108 Å². The summed E-state index contributed by atoms with van der Waals surface area (Å²) in [5, 5.41) is 10.4. The van der Waals surface area contributed by atoms with Crippen molar-refractivity contribution in [3.8, 4) is 0 Å². The van der Waals surface area contributed by atoms with Crippen LogP contribution < -0.4 is 21.3 Å². The molecule has 3 aromatic carbocycles. The summed E-state index contributed by atoms with van der Waals surface area (Å²) in [6.07, 6.45) is 0.453. The second-order valence-corrected chi connectivity index (χ2v) is 8.20. The Morgan fingerprint density at radius 1 is 0.629 bits per heavy atom. The van der Waals surface area contributed by atoms with Crippen molar-refractivity contribution in [1.29, 1.82) is 0 Å². The van der Waals surface area contributed by atoms with Gasteiger partial charge in [-0.1, -0.05) is 97.9 Å². The molecule has 35 heavy (non-hydrogen) atoms. The van der Waals surface area contributed by atoms with Crippen LogP contribution in [0.15, 0.2) is 91.0 Å². The van der Waals surface area contributed by atoms with Crippen LogP contribution in [-0.4, -0.2) is 30.4 Å². The quantitative estimate of drug-likeness (QED) is 0.346. The number of imide groups is 1. The van der Waals surface area contributed by atoms with Crippen LogP contribution in [0.5, 0.6) is 0 Å². The summed E-state index contributed by atoms with van der Waals surface area (Å²) in [5.41, 5.74) is 0.0142. The Bertz CT molecular complexity index is 1170. The van der Waals surface area contributed by atoms with Crippen LogP contribution in [0, 0.1) is 0 Å². The van der Waals surface area contributed by atoms with E-state index < -0.39 is 17.0 Å². The highest BCUT2D eigenvalue weighted by atomic mass is 16.2. The molecular formula is C27H26N4O4. The van der Waals surface area contributed by atoms with Crippen LogP contribution in [0.25, 0.3) is 0 Å². The van der Waals surface area contributed by atoms with Crippen LogP contribution >= 0.6 is 0 Å². The molecule has 0 saturated carbocycles. The van der Waals surface area contributed by atoms with Gasteiger partial charge < -0.3 is 16.0 Å². The van der Waals surface area contributed by atoms with Crippen molar-refractivity contribution in [2.24, 2.45) is 0 Å². The van der Waals surface area contributed by atoms with E-state index in [2.05, 4.69) is 21.3 Å². The molecule has 0 atom stereocenters. The van der Waals surface area contributed by atoms with Gasteiger partial charge in [0.15, 0.2) is 11.0 Å². The first-order chi connectivity index (χ1) is 16.9. The molecule has 4 N–H and O–H groups in total. The molecule has 8 heteroatoms. The topological polar surface area (TPSA) is 116 Å². The summed E-state index contributed by atoms with van der Waals surface area (Å²) in [7, 11) is 0. The standard InChI is InChI=1S/C15H12N2O2.C12H14N2O2/c18-13-15(17-14(19)16-13,11-7-3-1-4-8-11)12-9-5-2-6-10-12;1-2-12(9-6-4-3-5-7-9)10(15)13-8-14-11(12)16/h1-10H,(H2,16,17,18,19);3-7H,2,8H2,1H3,(H,13,15)(H,14,16). The molecule has 178 valence electrons. The molecule has 2 fully saturated rings. The van der Waals surface area contributed by atoms with Crippen molar-refractivity contribution < 1.29 is 19.2 Å². The summed E-state index contributed by atoms with van der Waals surface area (Å²) in [6, 6.07) is 27.1. The maximum atomic E-state index is 12.3. The lowest BCUT2D eigenvalue weighted by atomic mass is 9.75.